The van der Waals surface area contributed by atoms with E-state index in [1.165, 1.54) is 31.7 Å². The zero-order valence-electron chi connectivity index (χ0n) is 17.1. The van der Waals surface area contributed by atoms with Crippen molar-refractivity contribution in [1.29, 1.82) is 0 Å². The Hall–Kier alpha value is -2.20. The van der Waals surface area contributed by atoms with Crippen LogP contribution in [0.5, 0.6) is 0 Å². The molecule has 0 unspecified atom stereocenters. The van der Waals surface area contributed by atoms with Crippen molar-refractivity contribution >= 4 is 27.1 Å². The van der Waals surface area contributed by atoms with Gasteiger partial charge in [-0.05, 0) is 69.5 Å². The van der Waals surface area contributed by atoms with Gasteiger partial charge in [-0.3, -0.25) is 0 Å². The molecule has 0 atom stereocenters. The lowest BCUT2D eigenvalue weighted by Crippen LogP contribution is -2.05. The first-order valence-electron chi connectivity index (χ1n) is 9.81. The fourth-order valence-electron chi connectivity index (χ4n) is 4.13. The average molecular weight is 378 g/mol. The predicted molar refractivity (Wildman–Crippen MR) is 116 cm³/mol. The van der Waals surface area contributed by atoms with Gasteiger partial charge in [-0.2, -0.15) is 5.10 Å². The fourth-order valence-corrected chi connectivity index (χ4v) is 5.40. The molecule has 0 saturated carbocycles. The van der Waals surface area contributed by atoms with Crippen molar-refractivity contribution in [2.75, 3.05) is 0 Å². The van der Waals surface area contributed by atoms with Gasteiger partial charge in [0.05, 0.1) is 16.3 Å². The van der Waals surface area contributed by atoms with Crippen LogP contribution >= 0.6 is 11.3 Å². The first kappa shape index (κ1) is 18.2. The summed E-state index contributed by atoms with van der Waals surface area (Å²) in [6.45, 7) is 13.1. The van der Waals surface area contributed by atoms with Crippen LogP contribution < -0.4 is 0 Å². The maximum atomic E-state index is 4.98. The molecule has 3 nitrogen and oxygen atoms in total. The molecule has 0 N–H and O–H groups in total. The van der Waals surface area contributed by atoms with Crippen molar-refractivity contribution in [2.24, 2.45) is 0 Å². The zero-order chi connectivity index (χ0) is 19.3. The number of aromatic nitrogens is 3. The van der Waals surface area contributed by atoms with E-state index in [-0.39, 0.29) is 0 Å². The molecule has 0 aliphatic carbocycles. The highest BCUT2D eigenvalue weighted by Crippen LogP contribution is 2.40. The Kier molecular flexibility index (Phi) is 4.55. The summed E-state index contributed by atoms with van der Waals surface area (Å²) in [5, 5.41) is 6.22. The van der Waals surface area contributed by atoms with E-state index in [1.807, 2.05) is 11.3 Å². The minimum atomic E-state index is 0.523. The van der Waals surface area contributed by atoms with Gasteiger partial charge in [0.25, 0.3) is 0 Å². The van der Waals surface area contributed by atoms with Crippen LogP contribution in [0.1, 0.15) is 60.7 Å². The second-order valence-electron chi connectivity index (χ2n) is 7.59. The molecule has 3 aromatic heterocycles. The third kappa shape index (κ3) is 2.87. The van der Waals surface area contributed by atoms with Crippen LogP contribution in [-0.2, 0) is 0 Å². The molecule has 4 aromatic rings. The van der Waals surface area contributed by atoms with Crippen molar-refractivity contribution < 1.29 is 0 Å². The summed E-state index contributed by atoms with van der Waals surface area (Å²) >= 11 is 1.85. The van der Waals surface area contributed by atoms with Gasteiger partial charge >= 0.3 is 0 Å². The highest BCUT2D eigenvalue weighted by molar-refractivity contribution is 7.22. The Labute approximate surface area is 165 Å². The molecular formula is C23H27N3S. The molecule has 0 amide bonds. The smallest absolute Gasteiger partial charge is 0.158 e. The second kappa shape index (κ2) is 6.75. The van der Waals surface area contributed by atoms with Crippen LogP contribution in [-0.4, -0.2) is 14.6 Å². The van der Waals surface area contributed by atoms with Crippen LogP contribution in [0.2, 0.25) is 0 Å². The maximum absolute atomic E-state index is 4.98. The molecule has 0 aliphatic rings. The number of aryl methyl sites for hydroxylation is 4. The number of hydrogen-bond donors (Lipinski definition) is 0. The molecule has 0 aliphatic heterocycles. The lowest BCUT2D eigenvalue weighted by molar-refractivity contribution is 0.638. The molecule has 0 spiro atoms. The van der Waals surface area contributed by atoms with E-state index >= 15 is 0 Å². The summed E-state index contributed by atoms with van der Waals surface area (Å²) in [6.07, 6.45) is 2.25. The zero-order valence-corrected chi connectivity index (χ0v) is 17.9. The quantitative estimate of drug-likeness (QED) is 0.394. The first-order valence-corrected chi connectivity index (χ1v) is 10.6. The molecule has 27 heavy (non-hydrogen) atoms. The van der Waals surface area contributed by atoms with Crippen LogP contribution in [0.25, 0.3) is 26.3 Å². The summed E-state index contributed by atoms with van der Waals surface area (Å²) in [7, 11) is 0. The summed E-state index contributed by atoms with van der Waals surface area (Å²) in [6, 6.07) is 8.94. The van der Waals surface area contributed by atoms with Gasteiger partial charge in [0.15, 0.2) is 5.65 Å². The van der Waals surface area contributed by atoms with Gasteiger partial charge in [0.2, 0.25) is 0 Å². The largest absolute Gasteiger partial charge is 0.231 e. The summed E-state index contributed by atoms with van der Waals surface area (Å²) in [4.78, 5) is 6.27. The van der Waals surface area contributed by atoms with Crippen LogP contribution in [0, 0.1) is 27.7 Å². The molecule has 1 aromatic carbocycles. The third-order valence-corrected chi connectivity index (χ3v) is 6.92. The van der Waals surface area contributed by atoms with Gasteiger partial charge in [0, 0.05) is 10.3 Å². The van der Waals surface area contributed by atoms with E-state index < -0.39 is 0 Å². The molecular weight excluding hydrogens is 350 g/mol. The Morgan fingerprint density at radius 1 is 1.04 bits per heavy atom. The number of imidazole rings is 1. The SMILES string of the molecule is CCC(CC)c1cc(C)nn2c(-c3sc4ccc(C)cc4c3C)c(C)nc12. The highest BCUT2D eigenvalue weighted by Gasteiger charge is 2.22. The molecule has 0 bridgehead atoms. The van der Waals surface area contributed by atoms with Gasteiger partial charge < -0.3 is 0 Å². The number of fused-ring (bicyclic) bond motifs is 2. The number of benzene rings is 1. The van der Waals surface area contributed by atoms with E-state index in [2.05, 4.69) is 70.3 Å². The molecule has 0 saturated heterocycles. The number of thiophene rings is 1. The van der Waals surface area contributed by atoms with Gasteiger partial charge in [-0.15, -0.1) is 11.3 Å². The van der Waals surface area contributed by atoms with Gasteiger partial charge in [-0.1, -0.05) is 31.5 Å². The van der Waals surface area contributed by atoms with Gasteiger partial charge in [0.1, 0.15) is 5.69 Å². The Balaban J connectivity index is 2.03. The van der Waals surface area contributed by atoms with Crippen LogP contribution in [0.3, 0.4) is 0 Å². The van der Waals surface area contributed by atoms with Gasteiger partial charge in [-0.25, -0.2) is 9.50 Å². The normalized spacial score (nSPS) is 12.0. The van der Waals surface area contributed by atoms with Crippen molar-refractivity contribution in [2.45, 2.75) is 60.3 Å². The Bertz CT molecular complexity index is 1150. The summed E-state index contributed by atoms with van der Waals surface area (Å²) in [5.74, 6) is 0.523. The molecule has 140 valence electrons. The molecule has 0 radical (unpaired) electrons. The molecule has 0 fully saturated rings. The van der Waals surface area contributed by atoms with E-state index in [0.29, 0.717) is 5.92 Å². The number of rotatable bonds is 4. The highest BCUT2D eigenvalue weighted by atomic mass is 32.1. The average Bonchev–Trinajstić information content (AvgIpc) is 3.12. The monoisotopic (exact) mass is 377 g/mol. The Morgan fingerprint density at radius 2 is 1.78 bits per heavy atom. The fraction of sp³-hybridized carbons (Fsp3) is 0.391. The third-order valence-electron chi connectivity index (χ3n) is 5.64. The number of nitrogens with zero attached hydrogens (tertiary/aromatic N) is 3. The van der Waals surface area contributed by atoms with E-state index in [4.69, 9.17) is 10.1 Å². The summed E-state index contributed by atoms with van der Waals surface area (Å²) in [5.41, 5.74) is 8.25. The minimum absolute atomic E-state index is 0.523. The second-order valence-corrected chi connectivity index (χ2v) is 8.64. The molecule has 4 heteroatoms. The Morgan fingerprint density at radius 3 is 2.48 bits per heavy atom. The van der Waals surface area contributed by atoms with E-state index in [9.17, 15) is 0 Å². The lowest BCUT2D eigenvalue weighted by Gasteiger charge is -2.14. The molecule has 4 rings (SSSR count). The number of hydrogen-bond acceptors (Lipinski definition) is 3. The maximum Gasteiger partial charge on any atom is 0.158 e. The van der Waals surface area contributed by atoms with E-state index in [0.717, 1.165) is 35.6 Å². The van der Waals surface area contributed by atoms with Crippen molar-refractivity contribution in [1.82, 2.24) is 14.6 Å². The van der Waals surface area contributed by atoms with Crippen LogP contribution in [0.15, 0.2) is 24.3 Å². The topological polar surface area (TPSA) is 30.2 Å². The minimum Gasteiger partial charge on any atom is -0.231 e. The van der Waals surface area contributed by atoms with Crippen molar-refractivity contribution in [3.63, 3.8) is 0 Å². The summed E-state index contributed by atoms with van der Waals surface area (Å²) < 4.78 is 3.43. The van der Waals surface area contributed by atoms with Crippen molar-refractivity contribution in [3.8, 4) is 10.6 Å². The molecule has 3 heterocycles. The van der Waals surface area contributed by atoms with Crippen molar-refractivity contribution in [3.05, 3.63) is 52.3 Å². The lowest BCUT2D eigenvalue weighted by atomic mass is 9.95. The van der Waals surface area contributed by atoms with Crippen LogP contribution in [0.4, 0.5) is 0 Å². The van der Waals surface area contributed by atoms with E-state index in [1.54, 1.807) is 0 Å². The first-order chi connectivity index (χ1) is 12.9. The standard InChI is InChI=1S/C23H27N3S/c1-7-17(8-2)19-12-14(4)25-26-21(16(6)24-23(19)26)22-15(5)18-11-13(3)9-10-20(18)27-22/h9-12,17H,7-8H2,1-6H3. The predicted octanol–water partition coefficient (Wildman–Crippen LogP) is 6.75.